The number of aromatic nitrogens is 3. The second kappa shape index (κ2) is 13.5. The van der Waals surface area contributed by atoms with Gasteiger partial charge in [-0.25, -0.2) is 4.98 Å². The minimum absolute atomic E-state index is 0.0500. The lowest BCUT2D eigenvalue weighted by Crippen LogP contribution is -2.47. The Labute approximate surface area is 280 Å². The Morgan fingerprint density at radius 1 is 1.28 bits per heavy atom. The van der Waals surface area contributed by atoms with Crippen LogP contribution in [0.25, 0.3) is 33.4 Å². The number of fused-ring (bicyclic) bond motifs is 7. The van der Waals surface area contributed by atoms with Crippen LogP contribution in [0.5, 0.6) is 0 Å². The second-order valence-corrected chi connectivity index (χ2v) is 15.7. The summed E-state index contributed by atoms with van der Waals surface area (Å²) < 4.78 is 14.2. The van der Waals surface area contributed by atoms with Crippen LogP contribution in [0, 0.1) is 5.41 Å². The number of hydrazine groups is 1. The first-order valence-electron chi connectivity index (χ1n) is 15.9. The number of pyridine rings is 1. The molecule has 5 radical (unpaired) electrons. The molecule has 2 aliphatic rings. The van der Waals surface area contributed by atoms with E-state index >= 15 is 0 Å². The maximum absolute atomic E-state index is 13.4. The molecule has 0 saturated carbocycles. The van der Waals surface area contributed by atoms with Gasteiger partial charge in [-0.2, -0.15) is 0 Å². The van der Waals surface area contributed by atoms with E-state index in [0.717, 1.165) is 57.1 Å². The van der Waals surface area contributed by atoms with Crippen molar-refractivity contribution in [1.29, 1.82) is 0 Å². The molecule has 1 fully saturated rings. The molecule has 4 aromatic rings. The summed E-state index contributed by atoms with van der Waals surface area (Å²) in [6.45, 7) is 10.1. The Kier molecular flexibility index (Phi) is 9.63. The van der Waals surface area contributed by atoms with Gasteiger partial charge in [-0.05, 0) is 62.9 Å². The van der Waals surface area contributed by atoms with Crippen molar-refractivity contribution in [3.05, 3.63) is 58.2 Å². The third-order valence-electron chi connectivity index (χ3n) is 8.90. The highest BCUT2D eigenvalue weighted by Gasteiger charge is 2.33. The summed E-state index contributed by atoms with van der Waals surface area (Å²) in [4.78, 5) is 36.5. The number of carbonyl (C=O) groups is 2. The zero-order valence-corrected chi connectivity index (χ0v) is 29.9. The Bertz CT molecular complexity index is 1750. The first-order valence-corrected chi connectivity index (χ1v) is 18.4. The summed E-state index contributed by atoms with van der Waals surface area (Å²) in [6.07, 6.45) is 4.19. The first-order chi connectivity index (χ1) is 22.1. The summed E-state index contributed by atoms with van der Waals surface area (Å²) in [7, 11) is 5.47. The number of aryl methyl sites for hydroxylation is 1. The van der Waals surface area contributed by atoms with E-state index in [4.69, 9.17) is 19.4 Å². The minimum Gasteiger partial charge on any atom is -0.465 e. The monoisotopic (exact) mass is 670 g/mol. The van der Waals surface area contributed by atoms with Crippen LogP contribution in [-0.4, -0.2) is 71.6 Å². The van der Waals surface area contributed by atoms with Gasteiger partial charge in [0.2, 0.25) is 5.91 Å². The topological polar surface area (TPSA) is 98.6 Å². The van der Waals surface area contributed by atoms with Crippen LogP contribution in [-0.2, 0) is 38.4 Å². The van der Waals surface area contributed by atoms with Gasteiger partial charge in [0, 0.05) is 81.4 Å². The molecule has 239 valence electrons. The van der Waals surface area contributed by atoms with Crippen molar-refractivity contribution < 1.29 is 19.1 Å². The lowest BCUT2D eigenvalue weighted by Gasteiger charge is -2.27. The number of carbonyl (C=O) groups excluding carboxylic acids is 2. The number of rotatable bonds is 4. The zero-order chi connectivity index (χ0) is 32.6. The zero-order valence-electron chi connectivity index (χ0n) is 27.1. The molecule has 6 bridgehead atoms. The van der Waals surface area contributed by atoms with E-state index in [9.17, 15) is 9.59 Å². The molecule has 0 spiro atoms. The van der Waals surface area contributed by atoms with E-state index in [1.807, 2.05) is 19.2 Å². The highest BCUT2D eigenvalue weighted by molar-refractivity contribution is 7.10. The average Bonchev–Trinajstić information content (AvgIpc) is 3.54. The van der Waals surface area contributed by atoms with E-state index in [-0.39, 0.29) is 45.2 Å². The predicted molar refractivity (Wildman–Crippen MR) is 183 cm³/mol. The Morgan fingerprint density at radius 3 is 2.89 bits per heavy atom. The van der Waals surface area contributed by atoms with E-state index in [1.54, 1.807) is 23.5 Å². The molecule has 3 aromatic heterocycles. The SMILES string of the molecule is CCn1c(-c2cccnc2[C@H](C)OC)c2c3cc(ccc31)-c1csc(n1)C[C@H]([Si])C(=O)N1CCC[C@H]([Si]N1)C(=O)OCC(C)(C)C2. The number of nitrogens with one attached hydrogen (secondary N) is 1. The number of hydrogen-bond acceptors (Lipinski definition) is 8. The van der Waals surface area contributed by atoms with E-state index in [1.165, 1.54) is 5.56 Å². The third-order valence-corrected chi connectivity index (χ3v) is 11.5. The van der Waals surface area contributed by atoms with Crippen LogP contribution in [0.15, 0.2) is 41.9 Å². The number of esters is 1. The van der Waals surface area contributed by atoms with Gasteiger partial charge in [-0.1, -0.05) is 19.9 Å². The largest absolute Gasteiger partial charge is 0.465 e. The van der Waals surface area contributed by atoms with Crippen molar-refractivity contribution in [1.82, 2.24) is 24.6 Å². The Balaban J connectivity index is 1.52. The van der Waals surface area contributed by atoms with Gasteiger partial charge in [-0.3, -0.25) is 24.7 Å². The van der Waals surface area contributed by atoms with Crippen molar-refractivity contribution in [3.8, 4) is 22.5 Å². The molecule has 1 saturated heterocycles. The molecule has 2 aliphatic heterocycles. The van der Waals surface area contributed by atoms with Crippen LogP contribution in [0.3, 0.4) is 0 Å². The number of nitrogens with zero attached hydrogens (tertiary/aromatic N) is 4. The average molecular weight is 671 g/mol. The second-order valence-electron chi connectivity index (χ2n) is 12.9. The normalized spacial score (nSPS) is 21.5. The van der Waals surface area contributed by atoms with E-state index < -0.39 is 5.54 Å². The molecular weight excluding hydrogens is 631 g/mol. The van der Waals surface area contributed by atoms with Gasteiger partial charge < -0.3 is 14.0 Å². The maximum Gasteiger partial charge on any atom is 0.307 e. The molecule has 0 aliphatic carbocycles. The molecule has 5 heterocycles. The number of thiazole rings is 1. The summed E-state index contributed by atoms with van der Waals surface area (Å²) in [5.41, 5.74) is 6.17. The highest BCUT2D eigenvalue weighted by atomic mass is 32.1. The number of ether oxygens (including phenoxy) is 2. The molecule has 6 rings (SSSR count). The number of hydrogen-bond donors (Lipinski definition) is 1. The molecule has 9 nitrogen and oxygen atoms in total. The summed E-state index contributed by atoms with van der Waals surface area (Å²) in [5, 5.41) is 9.01. The fourth-order valence-electron chi connectivity index (χ4n) is 6.42. The van der Waals surface area contributed by atoms with Gasteiger partial charge in [0.25, 0.3) is 0 Å². The van der Waals surface area contributed by atoms with Crippen molar-refractivity contribution in [2.24, 2.45) is 5.41 Å². The summed E-state index contributed by atoms with van der Waals surface area (Å²) in [6, 6.07) is 10.7. The minimum atomic E-state index is -0.430. The van der Waals surface area contributed by atoms with Gasteiger partial charge >= 0.3 is 5.97 Å². The van der Waals surface area contributed by atoms with Gasteiger partial charge in [-0.15, -0.1) is 11.3 Å². The Hall–Kier alpha value is -3.17. The van der Waals surface area contributed by atoms with Crippen LogP contribution >= 0.6 is 11.3 Å². The molecule has 1 amide bonds. The fraction of sp³-hybridized carbons (Fsp3) is 0.471. The van der Waals surface area contributed by atoms with Crippen molar-refractivity contribution in [2.75, 3.05) is 20.3 Å². The number of methoxy groups -OCH3 is 1. The lowest BCUT2D eigenvalue weighted by molar-refractivity contribution is -0.146. The molecular formula is C34H40N5O4SSi2. The van der Waals surface area contributed by atoms with Crippen molar-refractivity contribution in [3.63, 3.8) is 0 Å². The van der Waals surface area contributed by atoms with E-state index in [2.05, 4.69) is 70.3 Å². The van der Waals surface area contributed by atoms with Crippen LogP contribution in [0.1, 0.15) is 62.9 Å². The third kappa shape index (κ3) is 6.50. The molecule has 46 heavy (non-hydrogen) atoms. The maximum atomic E-state index is 13.4. The van der Waals surface area contributed by atoms with Crippen LogP contribution < -0.4 is 5.09 Å². The predicted octanol–water partition coefficient (Wildman–Crippen LogP) is 5.71. The molecule has 0 unspecified atom stereocenters. The smallest absolute Gasteiger partial charge is 0.307 e. The standard InChI is InChI=1S/C34H40N5O4SSi2/c1-6-38-26-12-11-21-15-23(26)24(31(38)22-9-7-13-35-30(22)20(2)42-5)17-34(3,4)19-43-33(41)28-10-8-14-39(37-46-28)32(40)27(45)16-29-36-25(21)18-44-29/h7,9,11-13,15,18,20,27-28,37H,6,8,10,14,16-17,19H2,1-5H3/t20-,27-,28-/m0/s1. The van der Waals surface area contributed by atoms with Crippen LogP contribution in [0.4, 0.5) is 0 Å². The molecule has 1 N–H and O–H groups in total. The van der Waals surface area contributed by atoms with Crippen molar-refractivity contribution >= 4 is 54.0 Å². The number of cyclic esters (lactones) is 1. The van der Waals surface area contributed by atoms with Crippen molar-refractivity contribution in [2.45, 2.75) is 77.1 Å². The van der Waals surface area contributed by atoms with Crippen LogP contribution in [0.2, 0.25) is 11.1 Å². The molecule has 12 heteroatoms. The summed E-state index contributed by atoms with van der Waals surface area (Å²) in [5.74, 6) is -0.260. The quantitative estimate of drug-likeness (QED) is 0.219. The number of amides is 1. The molecule has 1 aromatic carbocycles. The first kappa shape index (κ1) is 32.8. The lowest BCUT2D eigenvalue weighted by atomic mass is 9.84. The highest BCUT2D eigenvalue weighted by Crippen LogP contribution is 2.42. The van der Waals surface area contributed by atoms with Gasteiger partial charge in [0.1, 0.15) is 0 Å². The fourth-order valence-corrected chi connectivity index (χ4v) is 8.85. The number of benzene rings is 1. The van der Waals surface area contributed by atoms with Gasteiger partial charge in [0.05, 0.1) is 40.3 Å². The van der Waals surface area contributed by atoms with Gasteiger partial charge in [0.15, 0.2) is 9.68 Å². The summed E-state index contributed by atoms with van der Waals surface area (Å²) >= 11 is 1.57. The molecule has 3 atom stereocenters. The van der Waals surface area contributed by atoms with E-state index in [0.29, 0.717) is 25.8 Å². The Morgan fingerprint density at radius 2 is 2.11 bits per heavy atom.